The molecule has 1 aromatic carbocycles. The number of methoxy groups -OCH3 is 1. The number of nitrogen functional groups attached to an aromatic ring is 1. The number of anilines is 1. The quantitative estimate of drug-likeness (QED) is 0.521. The molecule has 0 fully saturated rings. The normalized spacial score (nSPS) is 9.11. The van der Waals surface area contributed by atoms with Crippen molar-refractivity contribution in [3.05, 3.63) is 23.3 Å². The molecule has 19 heavy (non-hydrogen) atoms. The third-order valence-corrected chi connectivity index (χ3v) is 1.93. The number of esters is 1. The summed E-state index contributed by atoms with van der Waals surface area (Å²) >= 11 is 0. The van der Waals surface area contributed by atoms with Crippen LogP contribution in [-0.2, 0) is 4.74 Å². The van der Waals surface area contributed by atoms with Crippen molar-refractivity contribution in [2.75, 3.05) is 12.8 Å². The average Bonchev–Trinajstić information content (AvgIpc) is 2.41. The first-order valence-corrected chi connectivity index (χ1v) is 5.42. The molecule has 4 nitrogen and oxygen atoms in total. The molecule has 0 heterocycles. The third-order valence-electron chi connectivity index (χ3n) is 1.93. The van der Waals surface area contributed by atoms with Gasteiger partial charge in [0.25, 0.3) is 0 Å². The lowest BCUT2D eigenvalue weighted by Crippen LogP contribution is -2.09. The van der Waals surface area contributed by atoms with Gasteiger partial charge in [0.1, 0.15) is 0 Å². The summed E-state index contributed by atoms with van der Waals surface area (Å²) in [6, 6.07) is 2.31. The van der Waals surface area contributed by atoms with Gasteiger partial charge in [0.05, 0.1) is 23.9 Å². The first-order chi connectivity index (χ1) is 8.99. The molecule has 6 heteroatoms. The van der Waals surface area contributed by atoms with Crippen LogP contribution in [-0.4, -0.2) is 19.7 Å². The van der Waals surface area contributed by atoms with Gasteiger partial charge in [0, 0.05) is 0 Å². The minimum absolute atomic E-state index is 0.00898. The maximum atomic E-state index is 12.1. The highest BCUT2D eigenvalue weighted by Gasteiger charge is 2.16. The SMILES string of the molecule is C#Cc1cc(C(=O)OC)cc(OC(F)F)c1N.CC. The van der Waals surface area contributed by atoms with Crippen LogP contribution in [0.3, 0.4) is 0 Å². The molecule has 1 aromatic rings. The van der Waals surface area contributed by atoms with Crippen LogP contribution in [0.4, 0.5) is 14.5 Å². The number of terminal acetylenes is 1. The van der Waals surface area contributed by atoms with E-state index in [9.17, 15) is 13.6 Å². The minimum atomic E-state index is -3.06. The topological polar surface area (TPSA) is 61.5 Å². The average molecular weight is 271 g/mol. The van der Waals surface area contributed by atoms with Crippen molar-refractivity contribution in [2.45, 2.75) is 20.5 Å². The van der Waals surface area contributed by atoms with Crippen molar-refractivity contribution >= 4 is 11.7 Å². The van der Waals surface area contributed by atoms with Gasteiger partial charge in [-0.05, 0) is 12.1 Å². The zero-order valence-corrected chi connectivity index (χ0v) is 10.9. The molecule has 0 saturated carbocycles. The van der Waals surface area contributed by atoms with Gasteiger partial charge in [-0.3, -0.25) is 0 Å². The third kappa shape index (κ3) is 4.47. The molecule has 0 aliphatic rings. The van der Waals surface area contributed by atoms with Crippen LogP contribution >= 0.6 is 0 Å². The van der Waals surface area contributed by atoms with Gasteiger partial charge >= 0.3 is 12.6 Å². The second-order valence-corrected chi connectivity index (χ2v) is 2.95. The number of rotatable bonds is 3. The number of hydrogen-bond acceptors (Lipinski definition) is 4. The number of benzene rings is 1. The molecular weight excluding hydrogens is 256 g/mol. The lowest BCUT2D eigenvalue weighted by atomic mass is 10.1. The van der Waals surface area contributed by atoms with E-state index in [1.165, 1.54) is 6.07 Å². The van der Waals surface area contributed by atoms with E-state index < -0.39 is 12.6 Å². The van der Waals surface area contributed by atoms with E-state index in [2.05, 4.69) is 15.4 Å². The first-order valence-electron chi connectivity index (χ1n) is 5.42. The van der Waals surface area contributed by atoms with E-state index in [0.29, 0.717) is 0 Å². The maximum absolute atomic E-state index is 12.1. The molecule has 0 bridgehead atoms. The number of halogens is 2. The molecule has 2 N–H and O–H groups in total. The van der Waals surface area contributed by atoms with Crippen molar-refractivity contribution in [1.29, 1.82) is 0 Å². The fraction of sp³-hybridized carbons (Fsp3) is 0.308. The highest BCUT2D eigenvalue weighted by molar-refractivity contribution is 5.91. The lowest BCUT2D eigenvalue weighted by molar-refractivity contribution is -0.0494. The van der Waals surface area contributed by atoms with E-state index in [4.69, 9.17) is 12.2 Å². The number of alkyl halides is 2. The Labute approximate surface area is 110 Å². The molecule has 0 unspecified atom stereocenters. The van der Waals surface area contributed by atoms with Gasteiger partial charge in [0.2, 0.25) is 0 Å². The second-order valence-electron chi connectivity index (χ2n) is 2.95. The molecule has 0 amide bonds. The molecule has 0 saturated heterocycles. The fourth-order valence-corrected chi connectivity index (χ4v) is 1.18. The predicted molar refractivity (Wildman–Crippen MR) is 68.1 cm³/mol. The number of nitrogens with two attached hydrogens (primary N) is 1. The Kier molecular flexibility index (Phi) is 6.97. The van der Waals surface area contributed by atoms with Crippen LogP contribution in [0, 0.1) is 12.3 Å². The summed E-state index contributed by atoms with van der Waals surface area (Å²) in [6.45, 7) is 0.941. The van der Waals surface area contributed by atoms with Crippen molar-refractivity contribution in [3.63, 3.8) is 0 Å². The Morgan fingerprint density at radius 1 is 1.42 bits per heavy atom. The molecule has 0 aliphatic heterocycles. The summed E-state index contributed by atoms with van der Waals surface area (Å²) in [6.07, 6.45) is 5.14. The van der Waals surface area contributed by atoms with Gasteiger partial charge in [-0.25, -0.2) is 4.79 Å². The summed E-state index contributed by atoms with van der Waals surface area (Å²) in [7, 11) is 1.15. The van der Waals surface area contributed by atoms with Gasteiger partial charge in [-0.15, -0.1) is 6.42 Å². The van der Waals surface area contributed by atoms with Crippen molar-refractivity contribution < 1.29 is 23.0 Å². The van der Waals surface area contributed by atoms with E-state index in [0.717, 1.165) is 13.2 Å². The molecule has 104 valence electrons. The minimum Gasteiger partial charge on any atom is -0.465 e. The van der Waals surface area contributed by atoms with Crippen LogP contribution in [0.1, 0.15) is 29.8 Å². The molecule has 0 radical (unpaired) electrons. The zero-order chi connectivity index (χ0) is 15.0. The first kappa shape index (κ1) is 16.7. The van der Waals surface area contributed by atoms with E-state index in [1.54, 1.807) is 0 Å². The molecule has 0 aromatic heterocycles. The van der Waals surface area contributed by atoms with Gasteiger partial charge < -0.3 is 15.2 Å². The van der Waals surface area contributed by atoms with Crippen LogP contribution in [0.25, 0.3) is 0 Å². The molecule has 0 atom stereocenters. The van der Waals surface area contributed by atoms with Crippen molar-refractivity contribution in [1.82, 2.24) is 0 Å². The lowest BCUT2D eigenvalue weighted by Gasteiger charge is -2.11. The monoisotopic (exact) mass is 271 g/mol. The second kappa shape index (κ2) is 7.93. The van der Waals surface area contributed by atoms with Crippen LogP contribution < -0.4 is 10.5 Å². The van der Waals surface area contributed by atoms with E-state index in [-0.39, 0.29) is 22.6 Å². The summed E-state index contributed by atoms with van der Waals surface area (Å²) in [5, 5.41) is 0. The van der Waals surface area contributed by atoms with Gasteiger partial charge in [-0.1, -0.05) is 19.8 Å². The Bertz CT molecular complexity index is 482. The Morgan fingerprint density at radius 2 is 2.00 bits per heavy atom. The summed E-state index contributed by atoms with van der Waals surface area (Å²) in [5.74, 6) is 1.10. The maximum Gasteiger partial charge on any atom is 0.387 e. The Morgan fingerprint density at radius 3 is 2.42 bits per heavy atom. The molecule has 0 aliphatic carbocycles. The Balaban J connectivity index is 0.00000154. The summed E-state index contributed by atoms with van der Waals surface area (Å²) in [4.78, 5) is 11.3. The van der Waals surface area contributed by atoms with Crippen molar-refractivity contribution in [2.24, 2.45) is 0 Å². The smallest absolute Gasteiger partial charge is 0.387 e. The van der Waals surface area contributed by atoms with E-state index in [1.807, 2.05) is 13.8 Å². The summed E-state index contributed by atoms with van der Waals surface area (Å²) in [5.41, 5.74) is 5.45. The molecule has 1 rings (SSSR count). The van der Waals surface area contributed by atoms with Gasteiger partial charge in [-0.2, -0.15) is 8.78 Å². The van der Waals surface area contributed by atoms with Crippen LogP contribution in [0.15, 0.2) is 12.1 Å². The van der Waals surface area contributed by atoms with Crippen LogP contribution in [0.5, 0.6) is 5.75 Å². The number of carbonyl (C=O) groups excluding carboxylic acids is 1. The van der Waals surface area contributed by atoms with E-state index >= 15 is 0 Å². The predicted octanol–water partition coefficient (Wildman–Crippen LogP) is 2.66. The molecule has 0 spiro atoms. The van der Waals surface area contributed by atoms with Crippen molar-refractivity contribution in [3.8, 4) is 18.1 Å². The highest BCUT2D eigenvalue weighted by Crippen LogP contribution is 2.28. The van der Waals surface area contributed by atoms with Crippen LogP contribution in [0.2, 0.25) is 0 Å². The number of ether oxygens (including phenoxy) is 2. The summed E-state index contributed by atoms with van der Waals surface area (Å²) < 4.78 is 32.8. The van der Waals surface area contributed by atoms with Gasteiger partial charge in [0.15, 0.2) is 5.75 Å². The molecular formula is C13H15F2NO3. The fourth-order valence-electron chi connectivity index (χ4n) is 1.18. The standard InChI is InChI=1S/C11H9F2NO3.C2H6/c1-3-6-4-7(10(15)16-2)5-8(9(6)14)17-11(12)13;1-2/h1,4-5,11H,14H2,2H3;1-2H3. The number of hydrogen-bond donors (Lipinski definition) is 1. The Hall–Kier alpha value is -2.29. The highest BCUT2D eigenvalue weighted by atomic mass is 19.3. The zero-order valence-electron chi connectivity index (χ0n) is 10.9. The largest absolute Gasteiger partial charge is 0.465 e. The number of carbonyl (C=O) groups is 1.